The Hall–Kier alpha value is -5.06. The first kappa shape index (κ1) is 36.3. The lowest BCUT2D eigenvalue weighted by atomic mass is 9.95. The molecule has 1 fully saturated rings. The van der Waals surface area contributed by atoms with E-state index in [4.69, 9.17) is 34.9 Å². The van der Waals surface area contributed by atoms with Gasteiger partial charge in [0, 0.05) is 34.8 Å². The fourth-order valence-electron chi connectivity index (χ4n) is 5.92. The van der Waals surface area contributed by atoms with Crippen molar-refractivity contribution in [3.63, 3.8) is 0 Å². The predicted molar refractivity (Wildman–Crippen MR) is 198 cm³/mol. The summed E-state index contributed by atoms with van der Waals surface area (Å²) in [7, 11) is 0. The van der Waals surface area contributed by atoms with Gasteiger partial charge in [0.2, 0.25) is 11.8 Å². The smallest absolute Gasteiger partial charge is 0.328 e. The highest BCUT2D eigenvalue weighted by Gasteiger charge is 2.22. The zero-order valence-electron chi connectivity index (χ0n) is 28.4. The molecule has 14 nitrogen and oxygen atoms in total. The number of ether oxygens (including phenoxy) is 3. The van der Waals surface area contributed by atoms with Crippen LogP contribution in [-0.2, 0) is 29.3 Å². The van der Waals surface area contributed by atoms with Crippen LogP contribution in [0.5, 0.6) is 11.5 Å². The Labute approximate surface area is 316 Å². The average molecular weight is 806 g/mol. The molecule has 274 valence electrons. The van der Waals surface area contributed by atoms with E-state index in [0.717, 1.165) is 50.9 Å². The van der Waals surface area contributed by atoms with Gasteiger partial charge in [-0.2, -0.15) is 0 Å². The number of fused-ring (bicyclic) bond motifs is 1. The number of nitrogens with zero attached hydrogens (tertiary/aromatic N) is 5. The van der Waals surface area contributed by atoms with E-state index in [2.05, 4.69) is 46.7 Å². The molecule has 1 aliphatic rings. The first-order chi connectivity index (χ1) is 25.8. The number of halogens is 2. The molecule has 0 radical (unpaired) electrons. The summed E-state index contributed by atoms with van der Waals surface area (Å²) < 4.78 is 29.5. The number of aliphatic hydroxyl groups excluding tert-OH is 1. The van der Waals surface area contributed by atoms with Crippen LogP contribution >= 0.6 is 27.5 Å². The zero-order valence-corrected chi connectivity index (χ0v) is 30.8. The minimum Gasteiger partial charge on any atom is -0.487 e. The number of aromatic nitrogens is 4. The van der Waals surface area contributed by atoms with Crippen molar-refractivity contribution in [2.24, 2.45) is 0 Å². The quantitative estimate of drug-likeness (QED) is 0.108. The van der Waals surface area contributed by atoms with Gasteiger partial charge in [0.05, 0.1) is 37.1 Å². The van der Waals surface area contributed by atoms with E-state index in [-0.39, 0.29) is 29.7 Å². The van der Waals surface area contributed by atoms with Crippen LogP contribution in [0.4, 0.5) is 5.69 Å². The van der Waals surface area contributed by atoms with Crippen LogP contribution < -0.4 is 14.8 Å². The van der Waals surface area contributed by atoms with Crippen molar-refractivity contribution in [2.75, 3.05) is 38.2 Å². The Morgan fingerprint density at radius 2 is 1.72 bits per heavy atom. The third-order valence-electron chi connectivity index (χ3n) is 8.80. The number of rotatable bonds is 14. The molecule has 0 unspecified atom stereocenters. The second-order valence-corrected chi connectivity index (χ2v) is 13.5. The summed E-state index contributed by atoms with van der Waals surface area (Å²) in [5, 5.41) is 38.6. The number of anilines is 1. The van der Waals surface area contributed by atoms with E-state index in [9.17, 15) is 15.0 Å². The fourth-order valence-corrected chi connectivity index (χ4v) is 6.73. The van der Waals surface area contributed by atoms with Crippen molar-refractivity contribution in [1.82, 2.24) is 25.4 Å². The number of morpholine rings is 1. The molecule has 1 atom stereocenters. The third kappa shape index (κ3) is 8.29. The lowest BCUT2D eigenvalue weighted by molar-refractivity contribution is -0.138. The number of carboxylic acids is 1. The predicted octanol–water partition coefficient (Wildman–Crippen LogP) is 6.51. The summed E-state index contributed by atoms with van der Waals surface area (Å²) in [6.07, 6.45) is 0. The molecule has 2 aromatic heterocycles. The summed E-state index contributed by atoms with van der Waals surface area (Å²) in [6, 6.07) is 19.0. The Morgan fingerprint density at radius 3 is 2.53 bits per heavy atom. The second kappa shape index (κ2) is 16.3. The van der Waals surface area contributed by atoms with Crippen LogP contribution in [0.15, 0.2) is 80.2 Å². The normalized spacial score (nSPS) is 14.0. The van der Waals surface area contributed by atoms with Gasteiger partial charge in [0.1, 0.15) is 41.8 Å². The summed E-state index contributed by atoms with van der Waals surface area (Å²) in [6.45, 7) is 5.20. The Morgan fingerprint density at radius 1 is 0.962 bits per heavy atom. The van der Waals surface area contributed by atoms with E-state index in [0.29, 0.717) is 48.3 Å². The fraction of sp³-hybridized carbons (Fsp3) is 0.270. The van der Waals surface area contributed by atoms with Gasteiger partial charge in [-0.05, 0) is 79.7 Å². The minimum absolute atomic E-state index is 0.0974. The molecule has 0 amide bonds. The lowest BCUT2D eigenvalue weighted by Crippen LogP contribution is -2.35. The van der Waals surface area contributed by atoms with Gasteiger partial charge < -0.3 is 34.2 Å². The molecule has 7 rings (SSSR count). The van der Waals surface area contributed by atoms with Crippen LogP contribution in [0.2, 0.25) is 5.02 Å². The van der Waals surface area contributed by atoms with Crippen molar-refractivity contribution in [2.45, 2.75) is 32.7 Å². The highest BCUT2D eigenvalue weighted by Crippen LogP contribution is 2.40. The third-order valence-corrected chi connectivity index (χ3v) is 10.0. The molecule has 1 aliphatic heterocycles. The number of benzene rings is 4. The summed E-state index contributed by atoms with van der Waals surface area (Å²) >= 11 is 10.5. The number of aliphatic carboxylic acids is 1. The largest absolute Gasteiger partial charge is 0.487 e. The molecular weight excluding hydrogens is 772 g/mol. The van der Waals surface area contributed by atoms with E-state index < -0.39 is 18.6 Å². The zero-order chi connectivity index (χ0) is 36.9. The maximum absolute atomic E-state index is 11.7. The minimum atomic E-state index is -1.30. The second-order valence-electron chi connectivity index (χ2n) is 12.3. The summed E-state index contributed by atoms with van der Waals surface area (Å²) in [5.41, 5.74) is 6.77. The van der Waals surface area contributed by atoms with Gasteiger partial charge in [-0.25, -0.2) is 9.42 Å². The van der Waals surface area contributed by atoms with Gasteiger partial charge >= 0.3 is 5.97 Å². The molecule has 0 spiro atoms. The number of hydrogen-bond acceptors (Lipinski definition) is 13. The monoisotopic (exact) mass is 804 g/mol. The first-order valence-electron chi connectivity index (χ1n) is 16.7. The number of aliphatic hydroxyl groups is 1. The Bertz CT molecular complexity index is 2240. The van der Waals surface area contributed by atoms with Gasteiger partial charge in [0.25, 0.3) is 0 Å². The molecule has 53 heavy (non-hydrogen) atoms. The molecule has 3 heterocycles. The van der Waals surface area contributed by atoms with Gasteiger partial charge in [0.15, 0.2) is 0 Å². The highest BCUT2D eigenvalue weighted by molar-refractivity contribution is 9.10. The summed E-state index contributed by atoms with van der Waals surface area (Å²) in [4.78, 5) is 13.9. The molecule has 0 bridgehead atoms. The Kier molecular flexibility index (Phi) is 11.2. The Balaban J connectivity index is 1.11. The maximum Gasteiger partial charge on any atom is 0.328 e. The molecule has 4 aromatic carbocycles. The van der Waals surface area contributed by atoms with Crippen LogP contribution in [0.25, 0.3) is 33.6 Å². The molecule has 1 saturated heterocycles. The van der Waals surface area contributed by atoms with Crippen molar-refractivity contribution < 1.29 is 38.3 Å². The van der Waals surface area contributed by atoms with E-state index in [1.807, 2.05) is 49.4 Å². The van der Waals surface area contributed by atoms with E-state index in [1.54, 1.807) is 18.2 Å². The van der Waals surface area contributed by atoms with Crippen LogP contribution in [0, 0.1) is 6.92 Å². The van der Waals surface area contributed by atoms with Crippen LogP contribution in [0.3, 0.4) is 0 Å². The van der Waals surface area contributed by atoms with Gasteiger partial charge in [-0.3, -0.25) is 4.90 Å². The van der Waals surface area contributed by atoms with Crippen LogP contribution in [-0.4, -0.2) is 80.5 Å². The standard InChI is InChI=1S/C37H34BrClN6O8/c1-21-24(5-3-6-25(21)36-42-41-34(52-36)17-45-10-12-49-13-11-45)26-7-2-4-23(35(26)38)20-51-32-16-33(30(15-27(32)39)40-31(18-46)37(47)48)50-19-22-8-9-28-29(14-22)44-53-43-28/h2-9,14-16,31,40,46H,10-13,17-20H2,1H3,(H,47,48)/t31-/m1/s1. The molecule has 16 heteroatoms. The maximum atomic E-state index is 11.7. The van der Waals surface area contributed by atoms with E-state index >= 15 is 0 Å². The lowest BCUT2D eigenvalue weighted by Gasteiger charge is -2.24. The molecule has 0 saturated carbocycles. The summed E-state index contributed by atoms with van der Waals surface area (Å²) in [5.74, 6) is 0.341. The molecule has 3 N–H and O–H groups in total. The van der Waals surface area contributed by atoms with Gasteiger partial charge in [-0.1, -0.05) is 48.0 Å². The number of carboxylic acid groups (broad SMARTS) is 1. The number of nitrogens with one attached hydrogen (secondary N) is 1. The number of carbonyl (C=O) groups is 1. The van der Waals surface area contributed by atoms with Crippen molar-refractivity contribution >= 4 is 50.2 Å². The van der Waals surface area contributed by atoms with Crippen LogP contribution in [0.1, 0.15) is 22.6 Å². The molecule has 0 aliphatic carbocycles. The van der Waals surface area contributed by atoms with Crippen molar-refractivity contribution in [3.8, 4) is 34.1 Å². The first-order valence-corrected chi connectivity index (χ1v) is 17.8. The van der Waals surface area contributed by atoms with Crippen molar-refractivity contribution in [1.29, 1.82) is 0 Å². The number of hydrogen-bond donors (Lipinski definition) is 3. The topological polar surface area (TPSA) is 178 Å². The average Bonchev–Trinajstić information content (AvgIpc) is 3.83. The van der Waals surface area contributed by atoms with Crippen molar-refractivity contribution in [3.05, 3.63) is 98.8 Å². The molecule has 6 aromatic rings. The van der Waals surface area contributed by atoms with Gasteiger partial charge in [-0.15, -0.1) is 10.2 Å². The SMILES string of the molecule is Cc1c(-c2nnc(CN3CCOCC3)o2)cccc1-c1cccc(COc2cc(OCc3ccc4nonc4c3)c(N[C@H](CO)C(=O)O)cc2Cl)c1Br. The molecular formula is C37H34BrClN6O8. The van der Waals surface area contributed by atoms with E-state index in [1.165, 1.54) is 6.07 Å². The highest BCUT2D eigenvalue weighted by atomic mass is 79.9.